The molecule has 0 radical (unpaired) electrons. The van der Waals surface area contributed by atoms with Crippen LogP contribution in [-0.2, 0) is 11.2 Å². The fourth-order valence-electron chi connectivity index (χ4n) is 2.47. The Hall–Kier alpha value is -1.84. The van der Waals surface area contributed by atoms with E-state index < -0.39 is 11.9 Å². The molecule has 1 aromatic rings. The molecule has 1 atom stereocenters. The zero-order valence-corrected chi connectivity index (χ0v) is 13.0. The summed E-state index contributed by atoms with van der Waals surface area (Å²) in [6.07, 6.45) is 5.03. The van der Waals surface area contributed by atoms with Gasteiger partial charge in [0, 0.05) is 0 Å². The van der Waals surface area contributed by atoms with Crippen LogP contribution >= 0.6 is 0 Å². The lowest BCUT2D eigenvalue weighted by Crippen LogP contribution is -2.11. The number of unbranched alkanes of at least 4 members (excludes halogenated alkanes) is 1. The number of hydrogen-bond donors (Lipinski definition) is 1. The lowest BCUT2D eigenvalue weighted by molar-refractivity contribution is 0.0598. The zero-order chi connectivity index (χ0) is 15.8. The second-order valence-electron chi connectivity index (χ2n) is 5.29. The van der Waals surface area contributed by atoms with E-state index >= 15 is 0 Å². The summed E-state index contributed by atoms with van der Waals surface area (Å²) in [5, 5.41) is 9.30. The molecule has 0 aliphatic carbocycles. The molecule has 0 heterocycles. The van der Waals surface area contributed by atoms with Crippen LogP contribution in [0.4, 0.5) is 0 Å². The van der Waals surface area contributed by atoms with Gasteiger partial charge in [-0.25, -0.2) is 9.59 Å². The molecule has 1 unspecified atom stereocenters. The minimum absolute atomic E-state index is 0.276. The van der Waals surface area contributed by atoms with Gasteiger partial charge in [0.1, 0.15) is 0 Å². The van der Waals surface area contributed by atoms with Gasteiger partial charge in [0.25, 0.3) is 0 Å². The fraction of sp³-hybridized carbons (Fsp3) is 0.529. The molecule has 1 rings (SSSR count). The number of esters is 1. The Bertz CT molecular complexity index is 494. The van der Waals surface area contributed by atoms with Crippen molar-refractivity contribution in [2.45, 2.75) is 46.0 Å². The third-order valence-electron chi connectivity index (χ3n) is 3.81. The average molecular weight is 292 g/mol. The second-order valence-corrected chi connectivity index (χ2v) is 5.29. The van der Waals surface area contributed by atoms with Crippen molar-refractivity contribution in [3.05, 3.63) is 34.9 Å². The number of methoxy groups -OCH3 is 1. The summed E-state index contributed by atoms with van der Waals surface area (Å²) in [6, 6.07) is 4.66. The maximum atomic E-state index is 11.6. The Morgan fingerprint density at radius 2 is 2.00 bits per heavy atom. The van der Waals surface area contributed by atoms with Crippen LogP contribution in [0.5, 0.6) is 0 Å². The number of carbonyl (C=O) groups is 2. The molecular weight excluding hydrogens is 268 g/mol. The van der Waals surface area contributed by atoms with Gasteiger partial charge in [0.05, 0.1) is 18.2 Å². The summed E-state index contributed by atoms with van der Waals surface area (Å²) in [6.45, 7) is 4.26. The van der Waals surface area contributed by atoms with E-state index in [9.17, 15) is 14.7 Å². The van der Waals surface area contributed by atoms with Crippen LogP contribution in [0, 0.1) is 5.92 Å². The molecule has 0 spiro atoms. The number of rotatable bonds is 8. The summed E-state index contributed by atoms with van der Waals surface area (Å²) in [4.78, 5) is 22.9. The topological polar surface area (TPSA) is 63.6 Å². The molecule has 21 heavy (non-hydrogen) atoms. The first kappa shape index (κ1) is 17.2. The summed E-state index contributed by atoms with van der Waals surface area (Å²) in [5.74, 6) is -0.947. The highest BCUT2D eigenvalue weighted by Gasteiger charge is 2.17. The summed E-state index contributed by atoms with van der Waals surface area (Å²) >= 11 is 0. The smallest absolute Gasteiger partial charge is 0.337 e. The minimum Gasteiger partial charge on any atom is -0.478 e. The quantitative estimate of drug-likeness (QED) is 0.737. The molecule has 0 bridgehead atoms. The first-order valence-corrected chi connectivity index (χ1v) is 7.47. The third-order valence-corrected chi connectivity index (χ3v) is 3.81. The highest BCUT2D eigenvalue weighted by molar-refractivity contribution is 5.94. The number of aromatic carboxylic acids is 1. The van der Waals surface area contributed by atoms with Gasteiger partial charge in [-0.15, -0.1) is 0 Å². The first-order chi connectivity index (χ1) is 10.0. The monoisotopic (exact) mass is 292 g/mol. The van der Waals surface area contributed by atoms with E-state index in [0.717, 1.165) is 25.7 Å². The Kier molecular flexibility index (Phi) is 6.92. The Morgan fingerprint density at radius 3 is 2.52 bits per heavy atom. The molecule has 116 valence electrons. The molecule has 4 heteroatoms. The van der Waals surface area contributed by atoms with Crippen LogP contribution in [0.25, 0.3) is 0 Å². The molecule has 0 aromatic heterocycles. The lowest BCUT2D eigenvalue weighted by atomic mass is 9.89. The Morgan fingerprint density at radius 1 is 1.29 bits per heavy atom. The third kappa shape index (κ3) is 4.88. The number of carbonyl (C=O) groups excluding carboxylic acids is 1. The molecule has 0 saturated heterocycles. The van der Waals surface area contributed by atoms with Gasteiger partial charge in [-0.3, -0.25) is 0 Å². The van der Waals surface area contributed by atoms with Gasteiger partial charge < -0.3 is 9.84 Å². The van der Waals surface area contributed by atoms with Gasteiger partial charge >= 0.3 is 11.9 Å². The van der Waals surface area contributed by atoms with Crippen molar-refractivity contribution in [3.8, 4) is 0 Å². The maximum absolute atomic E-state index is 11.6. The summed E-state index contributed by atoms with van der Waals surface area (Å²) in [5.41, 5.74) is 1.40. The Labute approximate surface area is 126 Å². The standard InChI is InChI=1S/C17H24O4/c1-4-6-7-12(5-2)10-14-11-13(17(20)21-3)8-9-15(14)16(18)19/h8-9,11-12H,4-7,10H2,1-3H3,(H,18,19). The normalized spacial score (nSPS) is 12.0. The molecule has 0 aliphatic heterocycles. The van der Waals surface area contributed by atoms with E-state index in [1.165, 1.54) is 19.2 Å². The molecule has 0 fully saturated rings. The fourth-order valence-corrected chi connectivity index (χ4v) is 2.47. The van der Waals surface area contributed by atoms with Gasteiger partial charge in [0.2, 0.25) is 0 Å². The van der Waals surface area contributed by atoms with E-state index in [1.807, 2.05) is 0 Å². The number of carboxylic acid groups (broad SMARTS) is 1. The van der Waals surface area contributed by atoms with Crippen LogP contribution < -0.4 is 0 Å². The van der Waals surface area contributed by atoms with Crippen LogP contribution in [0.3, 0.4) is 0 Å². The molecule has 0 saturated carbocycles. The van der Waals surface area contributed by atoms with Gasteiger partial charge in [0.15, 0.2) is 0 Å². The van der Waals surface area contributed by atoms with Crippen molar-refractivity contribution in [1.29, 1.82) is 0 Å². The highest BCUT2D eigenvalue weighted by atomic mass is 16.5. The number of carboxylic acids is 1. The van der Waals surface area contributed by atoms with Crippen molar-refractivity contribution in [3.63, 3.8) is 0 Å². The summed E-state index contributed by atoms with van der Waals surface area (Å²) in [7, 11) is 1.32. The van der Waals surface area contributed by atoms with E-state index in [2.05, 4.69) is 13.8 Å². The van der Waals surface area contributed by atoms with E-state index in [4.69, 9.17) is 4.74 Å². The Balaban J connectivity index is 3.04. The maximum Gasteiger partial charge on any atom is 0.337 e. The number of benzene rings is 1. The molecular formula is C17H24O4. The largest absolute Gasteiger partial charge is 0.478 e. The highest BCUT2D eigenvalue weighted by Crippen LogP contribution is 2.22. The SMILES string of the molecule is CCCCC(CC)Cc1cc(C(=O)OC)ccc1C(=O)O. The number of ether oxygens (including phenoxy) is 1. The second kappa shape index (κ2) is 8.45. The van der Waals surface area contributed by atoms with Crippen molar-refractivity contribution in [2.75, 3.05) is 7.11 Å². The van der Waals surface area contributed by atoms with Crippen molar-refractivity contribution < 1.29 is 19.4 Å². The van der Waals surface area contributed by atoms with E-state index in [1.54, 1.807) is 6.07 Å². The van der Waals surface area contributed by atoms with Gasteiger partial charge in [-0.1, -0.05) is 39.5 Å². The molecule has 1 aromatic carbocycles. The predicted octanol–water partition coefficient (Wildman–Crippen LogP) is 3.93. The van der Waals surface area contributed by atoms with Crippen LogP contribution in [0.2, 0.25) is 0 Å². The predicted molar refractivity (Wildman–Crippen MR) is 81.8 cm³/mol. The number of hydrogen-bond acceptors (Lipinski definition) is 3. The van der Waals surface area contributed by atoms with Crippen LogP contribution in [0.15, 0.2) is 18.2 Å². The molecule has 1 N–H and O–H groups in total. The molecule has 4 nitrogen and oxygen atoms in total. The van der Waals surface area contributed by atoms with Crippen LogP contribution in [-0.4, -0.2) is 24.2 Å². The van der Waals surface area contributed by atoms with Crippen molar-refractivity contribution in [1.82, 2.24) is 0 Å². The van der Waals surface area contributed by atoms with Crippen molar-refractivity contribution in [2.24, 2.45) is 5.92 Å². The average Bonchev–Trinajstić information content (AvgIpc) is 2.50. The van der Waals surface area contributed by atoms with Crippen LogP contribution in [0.1, 0.15) is 65.8 Å². The zero-order valence-electron chi connectivity index (χ0n) is 13.0. The lowest BCUT2D eigenvalue weighted by Gasteiger charge is -2.16. The van der Waals surface area contributed by atoms with E-state index in [-0.39, 0.29) is 5.56 Å². The van der Waals surface area contributed by atoms with Gasteiger partial charge in [-0.2, -0.15) is 0 Å². The first-order valence-electron chi connectivity index (χ1n) is 7.47. The minimum atomic E-state index is -0.952. The summed E-state index contributed by atoms with van der Waals surface area (Å²) < 4.78 is 4.70. The van der Waals surface area contributed by atoms with E-state index in [0.29, 0.717) is 23.5 Å². The molecule has 0 amide bonds. The van der Waals surface area contributed by atoms with Crippen molar-refractivity contribution >= 4 is 11.9 Å². The molecule has 0 aliphatic rings. The van der Waals surface area contributed by atoms with Gasteiger partial charge in [-0.05, 0) is 36.1 Å².